The smallest absolute Gasteiger partial charge is 0.0476 e. The fourth-order valence-corrected chi connectivity index (χ4v) is 1.64. The van der Waals surface area contributed by atoms with Crippen molar-refractivity contribution in [1.82, 2.24) is 4.98 Å². The normalized spacial score (nSPS) is 14.7. The van der Waals surface area contributed by atoms with E-state index in [4.69, 9.17) is 0 Å². The van der Waals surface area contributed by atoms with Gasteiger partial charge in [0.2, 0.25) is 0 Å². The molecule has 0 fully saturated rings. The van der Waals surface area contributed by atoms with E-state index in [1.807, 2.05) is 6.20 Å². The Hall–Kier alpha value is -1.11. The third-order valence-corrected chi connectivity index (χ3v) is 2.56. The minimum absolute atomic E-state index is 0.587. The maximum Gasteiger partial charge on any atom is 0.0476 e. The van der Waals surface area contributed by atoms with E-state index < -0.39 is 0 Å². The molecular formula is C12H15N. The molecule has 0 amide bonds. The van der Waals surface area contributed by atoms with Crippen molar-refractivity contribution < 1.29 is 0 Å². The highest BCUT2D eigenvalue weighted by atomic mass is 14.7. The van der Waals surface area contributed by atoms with Crippen molar-refractivity contribution >= 4 is 0 Å². The Bertz CT molecular complexity index is 337. The zero-order valence-electron chi connectivity index (χ0n) is 8.25. The van der Waals surface area contributed by atoms with Crippen LogP contribution in [0.3, 0.4) is 0 Å². The molecule has 1 nitrogen and oxygen atoms in total. The lowest BCUT2D eigenvalue weighted by Gasteiger charge is -2.13. The van der Waals surface area contributed by atoms with Crippen LogP contribution >= 0.6 is 0 Å². The van der Waals surface area contributed by atoms with Crippen LogP contribution < -0.4 is 0 Å². The summed E-state index contributed by atoms with van der Waals surface area (Å²) in [5.74, 6) is 0.587. The van der Waals surface area contributed by atoms with Crippen molar-refractivity contribution in [2.45, 2.75) is 32.6 Å². The zero-order valence-corrected chi connectivity index (χ0v) is 8.25. The molecule has 1 aromatic rings. The van der Waals surface area contributed by atoms with Crippen molar-refractivity contribution in [3.63, 3.8) is 0 Å². The van der Waals surface area contributed by atoms with Gasteiger partial charge in [0.1, 0.15) is 0 Å². The molecule has 0 aliphatic heterocycles. The first-order valence-electron chi connectivity index (χ1n) is 4.90. The highest BCUT2D eigenvalue weighted by Gasteiger charge is 2.08. The highest BCUT2D eigenvalue weighted by Crippen LogP contribution is 2.20. The van der Waals surface area contributed by atoms with E-state index in [9.17, 15) is 0 Å². The van der Waals surface area contributed by atoms with E-state index in [1.54, 1.807) is 0 Å². The van der Waals surface area contributed by atoms with Gasteiger partial charge in [0, 0.05) is 18.3 Å². The maximum absolute atomic E-state index is 4.49. The minimum Gasteiger partial charge on any atom is -0.260 e. The molecule has 1 heteroatoms. The lowest BCUT2D eigenvalue weighted by atomic mass is 9.97. The van der Waals surface area contributed by atoms with Crippen LogP contribution in [0.25, 0.3) is 0 Å². The van der Waals surface area contributed by atoms with Crippen molar-refractivity contribution in [2.75, 3.05) is 0 Å². The summed E-state index contributed by atoms with van der Waals surface area (Å²) in [6, 6.07) is 2.30. The number of allylic oxidation sites excluding steroid dienone is 2. The van der Waals surface area contributed by atoms with Gasteiger partial charge in [-0.25, -0.2) is 0 Å². The molecule has 1 aliphatic rings. The van der Waals surface area contributed by atoms with Crippen LogP contribution in [-0.2, 0) is 12.8 Å². The molecule has 13 heavy (non-hydrogen) atoms. The van der Waals surface area contributed by atoms with E-state index in [2.05, 4.69) is 37.0 Å². The Morgan fingerprint density at radius 3 is 2.77 bits per heavy atom. The van der Waals surface area contributed by atoms with Crippen LogP contribution in [0, 0.1) is 0 Å². The van der Waals surface area contributed by atoms with Crippen LogP contribution in [0.15, 0.2) is 24.4 Å². The van der Waals surface area contributed by atoms with E-state index in [0.717, 1.165) is 12.8 Å². The molecule has 0 saturated heterocycles. The SMILES string of the molecule is CC(C)c1cnc2c(c1)CC=CC2. The van der Waals surface area contributed by atoms with E-state index in [1.165, 1.54) is 16.8 Å². The zero-order chi connectivity index (χ0) is 9.26. The Labute approximate surface area is 79.5 Å². The van der Waals surface area contributed by atoms with Crippen LogP contribution in [-0.4, -0.2) is 4.98 Å². The second-order valence-corrected chi connectivity index (χ2v) is 3.91. The van der Waals surface area contributed by atoms with Gasteiger partial charge in [-0.05, 0) is 23.5 Å². The van der Waals surface area contributed by atoms with Gasteiger partial charge in [-0.2, -0.15) is 0 Å². The molecule has 0 aromatic carbocycles. The second-order valence-electron chi connectivity index (χ2n) is 3.91. The molecule has 2 rings (SSSR count). The first kappa shape index (κ1) is 8.49. The Kier molecular flexibility index (Phi) is 2.17. The fraction of sp³-hybridized carbons (Fsp3) is 0.417. The van der Waals surface area contributed by atoms with Crippen LogP contribution in [0.1, 0.15) is 36.6 Å². The standard InChI is InChI=1S/C12H15N/c1-9(2)11-7-10-5-3-4-6-12(10)13-8-11/h3-4,7-9H,5-6H2,1-2H3. The summed E-state index contributed by atoms with van der Waals surface area (Å²) in [6.45, 7) is 4.42. The van der Waals surface area contributed by atoms with Crippen LogP contribution in [0.2, 0.25) is 0 Å². The molecule has 0 spiro atoms. The third kappa shape index (κ3) is 1.64. The summed E-state index contributed by atoms with van der Waals surface area (Å²) in [5, 5.41) is 0. The monoisotopic (exact) mass is 173 g/mol. The Morgan fingerprint density at radius 1 is 1.23 bits per heavy atom. The molecule has 0 atom stereocenters. The molecule has 1 aromatic heterocycles. The Balaban J connectivity index is 2.38. The average Bonchev–Trinajstić information content (AvgIpc) is 2.17. The predicted molar refractivity (Wildman–Crippen MR) is 54.9 cm³/mol. The number of aromatic nitrogens is 1. The van der Waals surface area contributed by atoms with Gasteiger partial charge < -0.3 is 0 Å². The third-order valence-electron chi connectivity index (χ3n) is 2.56. The molecule has 0 saturated carbocycles. The van der Waals surface area contributed by atoms with Gasteiger partial charge in [0.15, 0.2) is 0 Å². The molecule has 0 N–H and O–H groups in total. The summed E-state index contributed by atoms with van der Waals surface area (Å²) in [6.07, 6.45) is 8.51. The number of hydrogen-bond donors (Lipinski definition) is 0. The van der Waals surface area contributed by atoms with Crippen molar-refractivity contribution in [3.05, 3.63) is 41.2 Å². The van der Waals surface area contributed by atoms with Gasteiger partial charge in [0.25, 0.3) is 0 Å². The summed E-state index contributed by atoms with van der Waals surface area (Å²) >= 11 is 0. The van der Waals surface area contributed by atoms with Crippen LogP contribution in [0.4, 0.5) is 0 Å². The maximum atomic E-state index is 4.49. The van der Waals surface area contributed by atoms with E-state index >= 15 is 0 Å². The van der Waals surface area contributed by atoms with Crippen molar-refractivity contribution in [3.8, 4) is 0 Å². The van der Waals surface area contributed by atoms with Crippen molar-refractivity contribution in [1.29, 1.82) is 0 Å². The van der Waals surface area contributed by atoms with Crippen molar-refractivity contribution in [2.24, 2.45) is 0 Å². The molecule has 0 unspecified atom stereocenters. The topological polar surface area (TPSA) is 12.9 Å². The minimum atomic E-state index is 0.587. The van der Waals surface area contributed by atoms with Crippen LogP contribution in [0.5, 0.6) is 0 Å². The average molecular weight is 173 g/mol. The quantitative estimate of drug-likeness (QED) is 0.595. The number of pyridine rings is 1. The first-order valence-corrected chi connectivity index (χ1v) is 4.90. The predicted octanol–water partition coefficient (Wildman–Crippen LogP) is 2.86. The van der Waals surface area contributed by atoms with Gasteiger partial charge in [-0.1, -0.05) is 32.1 Å². The number of hydrogen-bond acceptors (Lipinski definition) is 1. The molecule has 0 bridgehead atoms. The van der Waals surface area contributed by atoms with E-state index in [0.29, 0.717) is 5.92 Å². The lowest BCUT2D eigenvalue weighted by Crippen LogP contribution is -2.02. The summed E-state index contributed by atoms with van der Waals surface area (Å²) in [7, 11) is 0. The number of rotatable bonds is 1. The molecule has 1 heterocycles. The number of nitrogens with zero attached hydrogens (tertiary/aromatic N) is 1. The van der Waals surface area contributed by atoms with E-state index in [-0.39, 0.29) is 0 Å². The van der Waals surface area contributed by atoms with Gasteiger partial charge >= 0.3 is 0 Å². The van der Waals surface area contributed by atoms with Gasteiger partial charge in [0.05, 0.1) is 0 Å². The first-order chi connectivity index (χ1) is 6.27. The lowest BCUT2D eigenvalue weighted by molar-refractivity contribution is 0.843. The summed E-state index contributed by atoms with van der Waals surface area (Å²) < 4.78 is 0. The molecule has 68 valence electrons. The Morgan fingerprint density at radius 2 is 2.00 bits per heavy atom. The molecule has 1 aliphatic carbocycles. The molecular weight excluding hydrogens is 158 g/mol. The largest absolute Gasteiger partial charge is 0.260 e. The summed E-state index contributed by atoms with van der Waals surface area (Å²) in [5.41, 5.74) is 4.02. The number of fused-ring (bicyclic) bond motifs is 1. The van der Waals surface area contributed by atoms with Gasteiger partial charge in [-0.15, -0.1) is 0 Å². The highest BCUT2D eigenvalue weighted by molar-refractivity contribution is 5.32. The fourth-order valence-electron chi connectivity index (χ4n) is 1.64. The summed E-state index contributed by atoms with van der Waals surface area (Å²) in [4.78, 5) is 4.49. The molecule has 0 radical (unpaired) electrons. The van der Waals surface area contributed by atoms with Gasteiger partial charge in [-0.3, -0.25) is 4.98 Å². The second kappa shape index (κ2) is 3.33.